The number of carbonyl (C=O) groups excluding carboxylic acids is 1. The summed E-state index contributed by atoms with van der Waals surface area (Å²) in [6.07, 6.45) is 4.39. The van der Waals surface area contributed by atoms with Crippen molar-refractivity contribution in [1.82, 2.24) is 9.88 Å². The summed E-state index contributed by atoms with van der Waals surface area (Å²) >= 11 is 1.51. The summed E-state index contributed by atoms with van der Waals surface area (Å²) in [6.45, 7) is 4.04. The van der Waals surface area contributed by atoms with Crippen molar-refractivity contribution in [2.75, 3.05) is 31.6 Å². The summed E-state index contributed by atoms with van der Waals surface area (Å²) in [5, 5.41) is 0. The number of aromatic nitrogens is 1. The van der Waals surface area contributed by atoms with Gasteiger partial charge in [0.05, 0.1) is 37.6 Å². The molecule has 0 spiro atoms. The van der Waals surface area contributed by atoms with E-state index < -0.39 is 0 Å². The number of nitrogens with zero attached hydrogens (tertiary/aromatic N) is 3. The normalized spacial score (nSPS) is 16.2. The summed E-state index contributed by atoms with van der Waals surface area (Å²) in [5.41, 5.74) is 4.43. The maximum Gasteiger partial charge on any atom is 0.262 e. The Hall–Kier alpha value is -2.67. The highest BCUT2D eigenvalue weighted by molar-refractivity contribution is 8.05. The van der Waals surface area contributed by atoms with Crippen molar-refractivity contribution in [2.45, 2.75) is 19.9 Å². The standard InChI is InChI=1S/C21H23N3O3S/c1-14-12-24(17-5-4-7-22-11-17)28-20(14)21(25)23-8-6-15-9-18(26-2)19(27-3)10-16(15)13-23/h4-5,7,9-11H,6,8,12-13H2,1-3H3. The molecule has 2 aliphatic heterocycles. The number of rotatable bonds is 4. The Morgan fingerprint density at radius 3 is 2.57 bits per heavy atom. The van der Waals surface area contributed by atoms with E-state index in [0.29, 0.717) is 18.8 Å². The van der Waals surface area contributed by atoms with Crippen LogP contribution < -0.4 is 13.8 Å². The molecule has 4 rings (SSSR count). The Morgan fingerprint density at radius 1 is 1.14 bits per heavy atom. The van der Waals surface area contributed by atoms with Gasteiger partial charge in [0.25, 0.3) is 5.91 Å². The van der Waals surface area contributed by atoms with E-state index in [1.807, 2.05) is 42.3 Å². The van der Waals surface area contributed by atoms with Gasteiger partial charge < -0.3 is 18.7 Å². The lowest BCUT2D eigenvalue weighted by atomic mass is 9.98. The summed E-state index contributed by atoms with van der Waals surface area (Å²) in [5.74, 6) is 1.52. The fourth-order valence-electron chi connectivity index (χ4n) is 3.57. The summed E-state index contributed by atoms with van der Waals surface area (Å²) < 4.78 is 12.9. The van der Waals surface area contributed by atoms with Crippen molar-refractivity contribution in [3.05, 3.63) is 58.3 Å². The molecule has 0 bridgehead atoms. The van der Waals surface area contributed by atoms with E-state index in [1.165, 1.54) is 17.5 Å². The number of ether oxygens (including phenoxy) is 2. The van der Waals surface area contributed by atoms with Gasteiger partial charge in [-0.1, -0.05) is 0 Å². The molecule has 0 fully saturated rings. The first-order valence-corrected chi connectivity index (χ1v) is 9.96. The molecule has 0 aliphatic carbocycles. The Labute approximate surface area is 169 Å². The van der Waals surface area contributed by atoms with Gasteiger partial charge in [0, 0.05) is 19.3 Å². The lowest BCUT2D eigenvalue weighted by Crippen LogP contribution is -2.36. The van der Waals surface area contributed by atoms with Crippen molar-refractivity contribution < 1.29 is 14.3 Å². The van der Waals surface area contributed by atoms with E-state index in [4.69, 9.17) is 9.47 Å². The molecule has 3 heterocycles. The molecule has 146 valence electrons. The van der Waals surface area contributed by atoms with Crippen molar-refractivity contribution in [3.63, 3.8) is 0 Å². The van der Waals surface area contributed by atoms with E-state index in [2.05, 4.69) is 9.29 Å². The fraction of sp³-hybridized carbons (Fsp3) is 0.333. The zero-order valence-electron chi connectivity index (χ0n) is 16.3. The molecule has 0 radical (unpaired) electrons. The number of benzene rings is 1. The zero-order chi connectivity index (χ0) is 19.7. The third kappa shape index (κ3) is 3.42. The number of hydrogen-bond donors (Lipinski definition) is 0. The third-order valence-corrected chi connectivity index (χ3v) is 6.37. The second kappa shape index (κ2) is 7.75. The molecule has 7 heteroatoms. The minimum Gasteiger partial charge on any atom is -0.493 e. The molecule has 0 unspecified atom stereocenters. The van der Waals surface area contributed by atoms with Crippen LogP contribution in [0.1, 0.15) is 18.1 Å². The van der Waals surface area contributed by atoms with Crippen LogP contribution in [-0.2, 0) is 17.8 Å². The quantitative estimate of drug-likeness (QED) is 0.737. The van der Waals surface area contributed by atoms with Crippen LogP contribution >= 0.6 is 11.9 Å². The maximum atomic E-state index is 13.2. The molecular weight excluding hydrogens is 374 g/mol. The highest BCUT2D eigenvalue weighted by atomic mass is 32.2. The van der Waals surface area contributed by atoms with Gasteiger partial charge in [-0.3, -0.25) is 9.78 Å². The first-order valence-electron chi connectivity index (χ1n) is 9.19. The van der Waals surface area contributed by atoms with Crippen LogP contribution in [0.2, 0.25) is 0 Å². The monoisotopic (exact) mass is 397 g/mol. The largest absolute Gasteiger partial charge is 0.493 e. The van der Waals surface area contributed by atoms with Gasteiger partial charge in [0.1, 0.15) is 0 Å². The first-order chi connectivity index (χ1) is 13.6. The molecule has 2 aliphatic rings. The van der Waals surface area contributed by atoms with Gasteiger partial charge in [-0.05, 0) is 66.3 Å². The molecule has 0 N–H and O–H groups in total. The number of carbonyl (C=O) groups is 1. The predicted molar refractivity (Wildman–Crippen MR) is 111 cm³/mol. The Morgan fingerprint density at radius 2 is 1.89 bits per heavy atom. The number of hydrogen-bond acceptors (Lipinski definition) is 6. The molecule has 1 amide bonds. The number of anilines is 1. The van der Waals surface area contributed by atoms with Gasteiger partial charge in [0.15, 0.2) is 11.5 Å². The molecule has 1 aromatic heterocycles. The van der Waals surface area contributed by atoms with Crippen LogP contribution in [-0.4, -0.2) is 43.1 Å². The lowest BCUT2D eigenvalue weighted by Gasteiger charge is -2.30. The Balaban J connectivity index is 1.51. The van der Waals surface area contributed by atoms with Crippen molar-refractivity contribution >= 4 is 23.5 Å². The van der Waals surface area contributed by atoms with Gasteiger partial charge in [-0.2, -0.15) is 0 Å². The molecule has 0 saturated heterocycles. The number of pyridine rings is 1. The zero-order valence-corrected chi connectivity index (χ0v) is 17.1. The highest BCUT2D eigenvalue weighted by Gasteiger charge is 2.31. The smallest absolute Gasteiger partial charge is 0.262 e. The maximum absolute atomic E-state index is 13.2. The van der Waals surface area contributed by atoms with Crippen LogP contribution in [0.25, 0.3) is 0 Å². The topological polar surface area (TPSA) is 54.9 Å². The average Bonchev–Trinajstić information content (AvgIpc) is 3.14. The third-order valence-electron chi connectivity index (χ3n) is 5.10. The van der Waals surface area contributed by atoms with Crippen LogP contribution in [0.3, 0.4) is 0 Å². The lowest BCUT2D eigenvalue weighted by molar-refractivity contribution is -0.127. The molecule has 0 atom stereocenters. The van der Waals surface area contributed by atoms with Gasteiger partial charge in [0.2, 0.25) is 0 Å². The Kier molecular flexibility index (Phi) is 5.17. The van der Waals surface area contributed by atoms with E-state index in [-0.39, 0.29) is 5.91 Å². The SMILES string of the molecule is COc1cc2c(cc1OC)CN(C(=O)C1=C(C)CN(c3cccnc3)S1)CC2. The van der Waals surface area contributed by atoms with Crippen LogP contribution in [0.15, 0.2) is 47.1 Å². The van der Waals surface area contributed by atoms with E-state index in [9.17, 15) is 4.79 Å². The number of methoxy groups -OCH3 is 2. The molecule has 6 nitrogen and oxygen atoms in total. The minimum atomic E-state index is 0.0920. The fourth-order valence-corrected chi connectivity index (χ4v) is 4.69. The van der Waals surface area contributed by atoms with Crippen molar-refractivity contribution in [1.29, 1.82) is 0 Å². The Bertz CT molecular complexity index is 930. The summed E-state index contributed by atoms with van der Waals surface area (Å²) in [7, 11) is 3.27. The second-order valence-electron chi connectivity index (χ2n) is 6.90. The molecule has 28 heavy (non-hydrogen) atoms. The van der Waals surface area contributed by atoms with Gasteiger partial charge in [-0.25, -0.2) is 0 Å². The summed E-state index contributed by atoms with van der Waals surface area (Å²) in [4.78, 5) is 20.1. The first kappa shape index (κ1) is 18.7. The highest BCUT2D eigenvalue weighted by Crippen LogP contribution is 2.39. The second-order valence-corrected chi connectivity index (χ2v) is 7.93. The van der Waals surface area contributed by atoms with Crippen LogP contribution in [0.4, 0.5) is 5.69 Å². The van der Waals surface area contributed by atoms with Gasteiger partial charge >= 0.3 is 0 Å². The van der Waals surface area contributed by atoms with E-state index in [0.717, 1.165) is 40.4 Å². The predicted octanol–water partition coefficient (Wildman–Crippen LogP) is 3.43. The van der Waals surface area contributed by atoms with Crippen molar-refractivity contribution in [3.8, 4) is 11.5 Å². The molecular formula is C21H23N3O3S. The average molecular weight is 398 g/mol. The van der Waals surface area contributed by atoms with E-state index in [1.54, 1.807) is 20.4 Å². The number of amides is 1. The van der Waals surface area contributed by atoms with Crippen LogP contribution in [0, 0.1) is 0 Å². The van der Waals surface area contributed by atoms with Gasteiger partial charge in [-0.15, -0.1) is 0 Å². The van der Waals surface area contributed by atoms with Crippen molar-refractivity contribution in [2.24, 2.45) is 0 Å². The van der Waals surface area contributed by atoms with Crippen LogP contribution in [0.5, 0.6) is 11.5 Å². The molecule has 2 aromatic rings. The van der Waals surface area contributed by atoms with E-state index >= 15 is 0 Å². The summed E-state index contributed by atoms with van der Waals surface area (Å²) in [6, 6.07) is 7.93. The molecule has 1 aromatic carbocycles. The molecule has 0 saturated carbocycles. The minimum absolute atomic E-state index is 0.0920. The number of fused-ring (bicyclic) bond motifs is 1.